The molecule has 7 nitrogen and oxygen atoms in total. The predicted molar refractivity (Wildman–Crippen MR) is 96.8 cm³/mol. The molecule has 0 spiro atoms. The number of esters is 1. The van der Waals surface area contributed by atoms with Crippen molar-refractivity contribution in [2.45, 2.75) is 18.4 Å². The lowest BCUT2D eigenvalue weighted by Gasteiger charge is -2.17. The van der Waals surface area contributed by atoms with Crippen molar-refractivity contribution in [2.24, 2.45) is 0 Å². The van der Waals surface area contributed by atoms with Gasteiger partial charge in [-0.1, -0.05) is 30.3 Å². The van der Waals surface area contributed by atoms with Gasteiger partial charge in [-0.3, -0.25) is 4.79 Å². The minimum absolute atomic E-state index is 0.0880. The van der Waals surface area contributed by atoms with E-state index in [2.05, 4.69) is 10.1 Å². The van der Waals surface area contributed by atoms with Gasteiger partial charge in [0.05, 0.1) is 11.5 Å². The van der Waals surface area contributed by atoms with E-state index in [0.29, 0.717) is 5.69 Å². The Morgan fingerprint density at radius 2 is 1.65 bits per heavy atom. The van der Waals surface area contributed by atoms with Crippen LogP contribution in [0.25, 0.3) is 0 Å². The number of nitrogens with zero attached hydrogens (tertiary/aromatic N) is 1. The lowest BCUT2D eigenvalue weighted by Crippen LogP contribution is -2.27. The zero-order valence-electron chi connectivity index (χ0n) is 14.5. The monoisotopic (exact) mass is 376 g/mol. The summed E-state index contributed by atoms with van der Waals surface area (Å²) in [5.74, 6) is -1.91. The Kier molecular flexibility index (Phi) is 6.48. The van der Waals surface area contributed by atoms with Crippen LogP contribution in [0.2, 0.25) is 0 Å². The second-order valence-corrected chi connectivity index (χ2v) is 7.49. The summed E-state index contributed by atoms with van der Waals surface area (Å²) in [6, 6.07) is 14.8. The van der Waals surface area contributed by atoms with E-state index in [1.165, 1.54) is 35.6 Å². The summed E-state index contributed by atoms with van der Waals surface area (Å²) >= 11 is 0. The van der Waals surface area contributed by atoms with E-state index >= 15 is 0 Å². The second-order valence-electron chi connectivity index (χ2n) is 5.45. The molecule has 0 unspecified atom stereocenters. The number of hydrogen-bond donors (Lipinski definition) is 1. The van der Waals surface area contributed by atoms with Crippen molar-refractivity contribution in [1.29, 1.82) is 0 Å². The SMILES string of the molecule is CCOC(=O)C(=O)Nc1ccc(S(=O)(=O)N(C)Cc2ccccc2)cc1. The maximum atomic E-state index is 12.6. The van der Waals surface area contributed by atoms with Crippen molar-refractivity contribution in [1.82, 2.24) is 4.31 Å². The summed E-state index contributed by atoms with van der Waals surface area (Å²) in [5.41, 5.74) is 1.17. The first-order valence-corrected chi connectivity index (χ1v) is 9.37. The number of carbonyl (C=O) groups is 2. The van der Waals surface area contributed by atoms with Crippen molar-refractivity contribution in [3.63, 3.8) is 0 Å². The van der Waals surface area contributed by atoms with Crippen LogP contribution in [0.5, 0.6) is 0 Å². The molecule has 0 bridgehead atoms. The third kappa shape index (κ3) is 4.90. The Morgan fingerprint density at radius 3 is 2.23 bits per heavy atom. The summed E-state index contributed by atoms with van der Waals surface area (Å²) in [4.78, 5) is 23.0. The van der Waals surface area contributed by atoms with Crippen molar-refractivity contribution >= 4 is 27.6 Å². The third-order valence-electron chi connectivity index (χ3n) is 3.53. The normalized spacial score (nSPS) is 11.2. The lowest BCUT2D eigenvalue weighted by atomic mass is 10.2. The highest BCUT2D eigenvalue weighted by atomic mass is 32.2. The molecule has 0 aliphatic rings. The number of ether oxygens (including phenoxy) is 1. The maximum absolute atomic E-state index is 12.6. The summed E-state index contributed by atoms with van der Waals surface area (Å²) in [6.45, 7) is 1.93. The molecule has 0 aliphatic carbocycles. The van der Waals surface area contributed by atoms with Crippen LogP contribution in [0.15, 0.2) is 59.5 Å². The van der Waals surface area contributed by atoms with Gasteiger partial charge < -0.3 is 10.1 Å². The Bertz CT molecular complexity index is 864. The summed E-state index contributed by atoms with van der Waals surface area (Å²) in [5, 5.41) is 2.35. The van der Waals surface area contributed by atoms with E-state index in [-0.39, 0.29) is 18.0 Å². The van der Waals surface area contributed by atoms with Gasteiger partial charge in [-0.2, -0.15) is 4.31 Å². The number of rotatable bonds is 6. The fourth-order valence-electron chi connectivity index (χ4n) is 2.19. The van der Waals surface area contributed by atoms with E-state index in [4.69, 9.17) is 0 Å². The molecule has 8 heteroatoms. The van der Waals surface area contributed by atoms with E-state index < -0.39 is 21.9 Å². The molecule has 0 saturated carbocycles. The summed E-state index contributed by atoms with van der Waals surface area (Å²) in [7, 11) is -2.18. The van der Waals surface area contributed by atoms with Gasteiger partial charge in [0, 0.05) is 19.3 Å². The molecule has 1 amide bonds. The second kappa shape index (κ2) is 8.59. The van der Waals surface area contributed by atoms with Gasteiger partial charge >= 0.3 is 11.9 Å². The fourth-order valence-corrected chi connectivity index (χ4v) is 3.35. The molecular formula is C18H20N2O5S. The standard InChI is InChI=1S/C18H20N2O5S/c1-3-25-18(22)17(21)19-15-9-11-16(12-10-15)26(23,24)20(2)13-14-7-5-4-6-8-14/h4-12H,3,13H2,1-2H3,(H,19,21). The van der Waals surface area contributed by atoms with E-state index in [1.54, 1.807) is 6.92 Å². The molecule has 2 aromatic carbocycles. The topological polar surface area (TPSA) is 92.8 Å². The van der Waals surface area contributed by atoms with Crippen molar-refractivity contribution < 1.29 is 22.7 Å². The first kappa shape index (κ1) is 19.6. The van der Waals surface area contributed by atoms with E-state index in [9.17, 15) is 18.0 Å². The number of anilines is 1. The van der Waals surface area contributed by atoms with Crippen LogP contribution >= 0.6 is 0 Å². The van der Waals surface area contributed by atoms with Crippen molar-refractivity contribution in [3.8, 4) is 0 Å². The Morgan fingerprint density at radius 1 is 1.04 bits per heavy atom. The van der Waals surface area contributed by atoms with Crippen LogP contribution in [0.4, 0.5) is 5.69 Å². The Balaban J connectivity index is 2.08. The molecule has 2 aromatic rings. The highest BCUT2D eigenvalue weighted by molar-refractivity contribution is 7.89. The van der Waals surface area contributed by atoms with Crippen LogP contribution in [0.3, 0.4) is 0 Å². The average molecular weight is 376 g/mol. The van der Waals surface area contributed by atoms with E-state index in [1.807, 2.05) is 30.3 Å². The van der Waals surface area contributed by atoms with Crippen molar-refractivity contribution in [3.05, 3.63) is 60.2 Å². The van der Waals surface area contributed by atoms with E-state index in [0.717, 1.165) is 5.56 Å². The number of amides is 1. The molecule has 0 atom stereocenters. The molecule has 26 heavy (non-hydrogen) atoms. The summed E-state index contributed by atoms with van der Waals surface area (Å²) < 4.78 is 31.1. The zero-order chi connectivity index (χ0) is 19.2. The first-order chi connectivity index (χ1) is 12.3. The zero-order valence-corrected chi connectivity index (χ0v) is 15.3. The minimum Gasteiger partial charge on any atom is -0.459 e. The number of hydrogen-bond acceptors (Lipinski definition) is 5. The van der Waals surface area contributed by atoms with Gasteiger partial charge in [0.15, 0.2) is 0 Å². The first-order valence-electron chi connectivity index (χ1n) is 7.93. The van der Waals surface area contributed by atoms with Gasteiger partial charge in [0.1, 0.15) is 0 Å². The highest BCUT2D eigenvalue weighted by Gasteiger charge is 2.21. The molecular weight excluding hydrogens is 356 g/mol. The molecule has 0 fully saturated rings. The summed E-state index contributed by atoms with van der Waals surface area (Å²) in [6.07, 6.45) is 0. The number of sulfonamides is 1. The van der Waals surface area contributed by atoms with Crippen LogP contribution in [-0.4, -0.2) is 38.3 Å². The molecule has 0 aromatic heterocycles. The molecule has 0 aliphatic heterocycles. The lowest BCUT2D eigenvalue weighted by molar-refractivity contribution is -0.152. The average Bonchev–Trinajstić information content (AvgIpc) is 2.63. The molecule has 138 valence electrons. The van der Waals surface area contributed by atoms with Gasteiger partial charge in [-0.25, -0.2) is 13.2 Å². The van der Waals surface area contributed by atoms with Gasteiger partial charge in [0.2, 0.25) is 10.0 Å². The molecule has 2 rings (SSSR count). The van der Waals surface area contributed by atoms with Crippen molar-refractivity contribution in [2.75, 3.05) is 19.0 Å². The maximum Gasteiger partial charge on any atom is 0.397 e. The largest absolute Gasteiger partial charge is 0.459 e. The van der Waals surface area contributed by atoms with Crippen LogP contribution < -0.4 is 5.32 Å². The highest BCUT2D eigenvalue weighted by Crippen LogP contribution is 2.19. The molecule has 1 N–H and O–H groups in total. The minimum atomic E-state index is -3.68. The van der Waals surface area contributed by atoms with Gasteiger partial charge in [-0.15, -0.1) is 0 Å². The Labute approximate surface area is 152 Å². The fraction of sp³-hybridized carbons (Fsp3) is 0.222. The van der Waals surface area contributed by atoms with Gasteiger partial charge in [-0.05, 0) is 36.8 Å². The number of carbonyl (C=O) groups excluding carboxylic acids is 2. The van der Waals surface area contributed by atoms with Crippen LogP contribution in [0.1, 0.15) is 12.5 Å². The third-order valence-corrected chi connectivity index (χ3v) is 5.35. The smallest absolute Gasteiger partial charge is 0.397 e. The Hall–Kier alpha value is -2.71. The van der Waals surface area contributed by atoms with Crippen LogP contribution in [-0.2, 0) is 30.9 Å². The number of nitrogens with one attached hydrogen (secondary N) is 1. The molecule has 0 radical (unpaired) electrons. The van der Waals surface area contributed by atoms with Gasteiger partial charge in [0.25, 0.3) is 0 Å². The number of benzene rings is 2. The molecule has 0 saturated heterocycles. The predicted octanol–water partition coefficient (Wildman–Crippen LogP) is 2.01. The van der Waals surface area contributed by atoms with Crippen LogP contribution in [0, 0.1) is 0 Å². The molecule has 0 heterocycles. The quantitative estimate of drug-likeness (QED) is 0.615.